The van der Waals surface area contributed by atoms with Gasteiger partial charge in [0.25, 0.3) is 0 Å². The number of methoxy groups -OCH3 is 1. The lowest BCUT2D eigenvalue weighted by atomic mass is 10.0. The first kappa shape index (κ1) is 15.6. The Morgan fingerprint density at radius 2 is 1.76 bits per heavy atom. The third-order valence-corrected chi connectivity index (χ3v) is 3.97. The van der Waals surface area contributed by atoms with Crippen LogP contribution < -0.4 is 4.74 Å². The molecule has 0 saturated carbocycles. The molecule has 0 radical (unpaired) electrons. The van der Waals surface area contributed by atoms with Crippen molar-refractivity contribution in [1.82, 2.24) is 0 Å². The summed E-state index contributed by atoms with van der Waals surface area (Å²) in [4.78, 5) is 11.4. The monoisotopic (exact) mass is 348 g/mol. The maximum Gasteiger partial charge on any atom is 0.337 e. The van der Waals surface area contributed by atoms with Gasteiger partial charge in [-0.2, -0.15) is 0 Å². The first-order valence-corrected chi connectivity index (χ1v) is 7.79. The average Bonchev–Trinajstić information content (AvgIpc) is 2.56. The topological polar surface area (TPSA) is 35.5 Å². The Morgan fingerprint density at radius 1 is 1.10 bits per heavy atom. The Hall–Kier alpha value is -1.81. The van der Waals surface area contributed by atoms with Crippen molar-refractivity contribution < 1.29 is 14.3 Å². The molecule has 1 unspecified atom stereocenters. The lowest BCUT2D eigenvalue weighted by Crippen LogP contribution is -2.11. The van der Waals surface area contributed by atoms with E-state index in [2.05, 4.69) is 32.8 Å². The van der Waals surface area contributed by atoms with E-state index < -0.39 is 0 Å². The minimum absolute atomic E-state index is 0.284. The Bertz CT molecular complexity index is 566. The molecule has 21 heavy (non-hydrogen) atoms. The maximum absolute atomic E-state index is 11.4. The summed E-state index contributed by atoms with van der Waals surface area (Å²) in [7, 11) is 1.37. The Labute approximate surface area is 133 Å². The second-order valence-electron chi connectivity index (χ2n) is 4.59. The predicted octanol–water partition coefficient (Wildman–Crippen LogP) is 4.03. The summed E-state index contributed by atoms with van der Waals surface area (Å²) in [6.07, 6.45) is 0. The van der Waals surface area contributed by atoms with Crippen LogP contribution in [0.3, 0.4) is 0 Å². The van der Waals surface area contributed by atoms with Crippen LogP contribution >= 0.6 is 15.9 Å². The molecular formula is C17H17BrO3. The van der Waals surface area contributed by atoms with Crippen LogP contribution in [0.5, 0.6) is 5.75 Å². The third-order valence-electron chi connectivity index (χ3n) is 3.18. The molecule has 0 aliphatic carbocycles. The number of rotatable bonds is 6. The fourth-order valence-electron chi connectivity index (χ4n) is 1.96. The standard InChI is InChI=1S/C17H17BrO3/c1-20-17(19)14-7-9-16(10-8-14)21-12-15(11-18)13-5-3-2-4-6-13/h2-10,15H,11-12H2,1H3. The van der Waals surface area contributed by atoms with Gasteiger partial charge in [0.1, 0.15) is 5.75 Å². The number of carbonyl (C=O) groups excluding carboxylic acids is 1. The number of carbonyl (C=O) groups is 1. The van der Waals surface area contributed by atoms with E-state index >= 15 is 0 Å². The molecule has 4 heteroatoms. The van der Waals surface area contributed by atoms with Gasteiger partial charge in [0.2, 0.25) is 0 Å². The minimum atomic E-state index is -0.343. The molecule has 0 saturated heterocycles. The summed E-state index contributed by atoms with van der Waals surface area (Å²) < 4.78 is 10.5. The highest BCUT2D eigenvalue weighted by Crippen LogP contribution is 2.20. The molecule has 2 aromatic carbocycles. The van der Waals surface area contributed by atoms with E-state index in [0.717, 1.165) is 11.1 Å². The van der Waals surface area contributed by atoms with Crippen molar-refractivity contribution in [3.8, 4) is 5.75 Å². The fraction of sp³-hybridized carbons (Fsp3) is 0.235. The van der Waals surface area contributed by atoms with Gasteiger partial charge in [-0.05, 0) is 29.8 Å². The van der Waals surface area contributed by atoms with Crippen LogP contribution in [0.25, 0.3) is 0 Å². The molecule has 0 heterocycles. The Kier molecular flexibility index (Phi) is 5.81. The number of alkyl halides is 1. The summed E-state index contributed by atoms with van der Waals surface area (Å²) in [5, 5.41) is 0.831. The van der Waals surface area contributed by atoms with Gasteiger partial charge in [-0.25, -0.2) is 4.79 Å². The molecule has 0 bridgehead atoms. The molecular weight excluding hydrogens is 332 g/mol. The normalized spacial score (nSPS) is 11.7. The molecule has 0 aliphatic heterocycles. The number of esters is 1. The minimum Gasteiger partial charge on any atom is -0.493 e. The SMILES string of the molecule is COC(=O)c1ccc(OCC(CBr)c2ccccc2)cc1. The van der Waals surface area contributed by atoms with Gasteiger partial charge < -0.3 is 9.47 Å². The lowest BCUT2D eigenvalue weighted by molar-refractivity contribution is 0.0600. The number of hydrogen-bond acceptors (Lipinski definition) is 3. The van der Waals surface area contributed by atoms with Crippen LogP contribution in [0, 0.1) is 0 Å². The molecule has 2 rings (SSSR count). The van der Waals surface area contributed by atoms with Crippen molar-refractivity contribution in [3.63, 3.8) is 0 Å². The van der Waals surface area contributed by atoms with Gasteiger partial charge in [0.05, 0.1) is 19.3 Å². The number of halogens is 1. The van der Waals surface area contributed by atoms with Crippen LogP contribution in [0.15, 0.2) is 54.6 Å². The van der Waals surface area contributed by atoms with Crippen LogP contribution in [-0.4, -0.2) is 25.0 Å². The smallest absolute Gasteiger partial charge is 0.337 e. The largest absolute Gasteiger partial charge is 0.493 e. The summed E-state index contributed by atoms with van der Waals surface area (Å²) in [5.41, 5.74) is 1.76. The van der Waals surface area contributed by atoms with E-state index in [0.29, 0.717) is 12.2 Å². The zero-order valence-corrected chi connectivity index (χ0v) is 13.4. The van der Waals surface area contributed by atoms with Gasteiger partial charge in [-0.1, -0.05) is 46.3 Å². The van der Waals surface area contributed by atoms with Crippen LogP contribution in [0.1, 0.15) is 21.8 Å². The van der Waals surface area contributed by atoms with E-state index in [1.165, 1.54) is 12.7 Å². The van der Waals surface area contributed by atoms with E-state index in [9.17, 15) is 4.79 Å². The van der Waals surface area contributed by atoms with Gasteiger partial charge in [-0.3, -0.25) is 0 Å². The highest BCUT2D eigenvalue weighted by Gasteiger charge is 2.11. The third kappa shape index (κ3) is 4.33. The molecule has 0 amide bonds. The van der Waals surface area contributed by atoms with Crippen molar-refractivity contribution in [1.29, 1.82) is 0 Å². The second kappa shape index (κ2) is 7.84. The lowest BCUT2D eigenvalue weighted by Gasteiger charge is -2.15. The van der Waals surface area contributed by atoms with E-state index in [-0.39, 0.29) is 11.9 Å². The van der Waals surface area contributed by atoms with E-state index in [1.807, 2.05) is 18.2 Å². The van der Waals surface area contributed by atoms with Crippen molar-refractivity contribution >= 4 is 21.9 Å². The summed E-state index contributed by atoms with van der Waals surface area (Å²) in [6.45, 7) is 0.576. The van der Waals surface area contributed by atoms with Crippen molar-refractivity contribution in [3.05, 3.63) is 65.7 Å². The molecule has 0 spiro atoms. The van der Waals surface area contributed by atoms with Crippen LogP contribution in [-0.2, 0) is 4.74 Å². The highest BCUT2D eigenvalue weighted by molar-refractivity contribution is 9.09. The molecule has 0 N–H and O–H groups in total. The van der Waals surface area contributed by atoms with Crippen LogP contribution in [0.2, 0.25) is 0 Å². The first-order chi connectivity index (χ1) is 10.2. The molecule has 2 aromatic rings. The van der Waals surface area contributed by atoms with E-state index in [1.54, 1.807) is 24.3 Å². The van der Waals surface area contributed by atoms with E-state index in [4.69, 9.17) is 4.74 Å². The fourth-order valence-corrected chi connectivity index (χ4v) is 2.52. The molecule has 0 fully saturated rings. The average molecular weight is 349 g/mol. The molecule has 3 nitrogen and oxygen atoms in total. The number of benzene rings is 2. The molecule has 1 atom stereocenters. The summed E-state index contributed by atoms with van der Waals surface area (Å²) in [6, 6.07) is 17.2. The zero-order valence-electron chi connectivity index (χ0n) is 11.8. The number of hydrogen-bond donors (Lipinski definition) is 0. The zero-order chi connectivity index (χ0) is 15.1. The van der Waals surface area contributed by atoms with Crippen molar-refractivity contribution in [2.75, 3.05) is 19.0 Å². The summed E-state index contributed by atoms with van der Waals surface area (Å²) in [5.74, 6) is 0.681. The predicted molar refractivity (Wildman–Crippen MR) is 86.3 cm³/mol. The van der Waals surface area contributed by atoms with Crippen molar-refractivity contribution in [2.45, 2.75) is 5.92 Å². The van der Waals surface area contributed by atoms with Gasteiger partial charge >= 0.3 is 5.97 Å². The molecule has 110 valence electrons. The highest BCUT2D eigenvalue weighted by atomic mass is 79.9. The van der Waals surface area contributed by atoms with Gasteiger partial charge in [0.15, 0.2) is 0 Å². The first-order valence-electron chi connectivity index (χ1n) is 6.66. The quantitative estimate of drug-likeness (QED) is 0.584. The van der Waals surface area contributed by atoms with Crippen LogP contribution in [0.4, 0.5) is 0 Å². The Morgan fingerprint density at radius 3 is 2.33 bits per heavy atom. The molecule has 0 aromatic heterocycles. The molecule has 0 aliphatic rings. The van der Waals surface area contributed by atoms with Crippen molar-refractivity contribution in [2.24, 2.45) is 0 Å². The van der Waals surface area contributed by atoms with Gasteiger partial charge in [0, 0.05) is 11.2 Å². The maximum atomic E-state index is 11.4. The second-order valence-corrected chi connectivity index (χ2v) is 5.24. The number of ether oxygens (including phenoxy) is 2. The Balaban J connectivity index is 1.97. The van der Waals surface area contributed by atoms with Gasteiger partial charge in [-0.15, -0.1) is 0 Å². The summed E-state index contributed by atoms with van der Waals surface area (Å²) >= 11 is 3.52.